The first-order chi connectivity index (χ1) is 12.1. The molecule has 0 atom stereocenters. The van der Waals surface area contributed by atoms with Crippen LogP contribution in [-0.2, 0) is 16.6 Å². The fraction of sp³-hybridized carbons (Fsp3) is 0.0556. The first-order valence-electron chi connectivity index (χ1n) is 7.54. The molecule has 0 unspecified atom stereocenters. The summed E-state index contributed by atoms with van der Waals surface area (Å²) in [6, 6.07) is 19.1. The van der Waals surface area contributed by atoms with Gasteiger partial charge in [-0.3, -0.25) is 9.52 Å². The Morgan fingerprint density at radius 2 is 1.56 bits per heavy atom. The number of nitrogens with one attached hydrogen (secondary N) is 2. The number of anilines is 1. The van der Waals surface area contributed by atoms with Gasteiger partial charge < -0.3 is 5.32 Å². The van der Waals surface area contributed by atoms with Crippen LogP contribution in [0, 0.1) is 0 Å². The molecule has 3 rings (SSSR count). The largest absolute Gasteiger partial charge is 0.347 e. The molecule has 2 N–H and O–H groups in total. The first kappa shape index (κ1) is 17.2. The van der Waals surface area contributed by atoms with Crippen molar-refractivity contribution >= 4 is 33.0 Å². The molecule has 0 aliphatic rings. The Labute approximate surface area is 150 Å². The Morgan fingerprint density at radius 1 is 0.920 bits per heavy atom. The van der Waals surface area contributed by atoms with E-state index in [2.05, 4.69) is 10.0 Å². The molecule has 0 aliphatic carbocycles. The Hall–Kier alpha value is -2.64. The van der Waals surface area contributed by atoms with Gasteiger partial charge in [-0.15, -0.1) is 11.3 Å². The molecule has 0 saturated heterocycles. The summed E-state index contributed by atoms with van der Waals surface area (Å²) in [4.78, 5) is 12.9. The van der Waals surface area contributed by atoms with Gasteiger partial charge in [-0.25, -0.2) is 8.42 Å². The van der Waals surface area contributed by atoms with Gasteiger partial charge in [-0.2, -0.15) is 0 Å². The lowest BCUT2D eigenvalue weighted by atomic mass is 10.2. The number of hydrogen-bond acceptors (Lipinski definition) is 4. The Balaban J connectivity index is 1.73. The molecule has 128 valence electrons. The normalized spacial score (nSPS) is 11.0. The van der Waals surface area contributed by atoms with Gasteiger partial charge in [0.15, 0.2) is 0 Å². The summed E-state index contributed by atoms with van der Waals surface area (Å²) in [7, 11) is -3.73. The summed E-state index contributed by atoms with van der Waals surface area (Å²) in [6.07, 6.45) is 0. The molecule has 0 spiro atoms. The molecule has 0 bridgehead atoms. The van der Waals surface area contributed by atoms with Crippen LogP contribution >= 0.6 is 11.3 Å². The number of thiophene rings is 1. The average Bonchev–Trinajstić information content (AvgIpc) is 3.09. The van der Waals surface area contributed by atoms with E-state index in [4.69, 9.17) is 0 Å². The molecule has 1 amide bonds. The third-order valence-electron chi connectivity index (χ3n) is 3.47. The predicted molar refractivity (Wildman–Crippen MR) is 99.2 cm³/mol. The minimum atomic E-state index is -3.73. The second-order valence-electron chi connectivity index (χ2n) is 5.25. The summed E-state index contributed by atoms with van der Waals surface area (Å²) < 4.78 is 27.3. The lowest BCUT2D eigenvalue weighted by molar-refractivity contribution is 0.0956. The SMILES string of the molecule is O=C(NCc1ccccc1)c1sccc1NS(=O)(=O)c1ccccc1. The molecular formula is C18H16N2O3S2. The van der Waals surface area contributed by atoms with Crippen molar-refractivity contribution in [3.63, 3.8) is 0 Å². The van der Waals surface area contributed by atoms with Crippen molar-refractivity contribution in [2.24, 2.45) is 0 Å². The molecular weight excluding hydrogens is 356 g/mol. The van der Waals surface area contributed by atoms with E-state index in [0.29, 0.717) is 11.4 Å². The smallest absolute Gasteiger partial charge is 0.263 e. The van der Waals surface area contributed by atoms with E-state index < -0.39 is 10.0 Å². The highest BCUT2D eigenvalue weighted by atomic mass is 32.2. The minimum absolute atomic E-state index is 0.150. The van der Waals surface area contributed by atoms with Gasteiger partial charge in [-0.05, 0) is 29.1 Å². The lowest BCUT2D eigenvalue weighted by Crippen LogP contribution is -2.23. The fourth-order valence-corrected chi connectivity index (χ4v) is 4.15. The van der Waals surface area contributed by atoms with E-state index in [1.54, 1.807) is 29.6 Å². The van der Waals surface area contributed by atoms with Crippen molar-refractivity contribution in [2.75, 3.05) is 4.72 Å². The van der Waals surface area contributed by atoms with Crippen LogP contribution in [0.1, 0.15) is 15.2 Å². The molecule has 1 aromatic heterocycles. The van der Waals surface area contributed by atoms with E-state index >= 15 is 0 Å². The molecule has 0 aliphatic heterocycles. The monoisotopic (exact) mass is 372 g/mol. The van der Waals surface area contributed by atoms with Gasteiger partial charge in [0.1, 0.15) is 4.88 Å². The zero-order valence-corrected chi connectivity index (χ0v) is 14.8. The van der Waals surface area contributed by atoms with E-state index in [1.807, 2.05) is 30.3 Å². The lowest BCUT2D eigenvalue weighted by Gasteiger charge is -2.09. The molecule has 5 nitrogen and oxygen atoms in total. The summed E-state index contributed by atoms with van der Waals surface area (Å²) in [5, 5.41) is 4.48. The van der Waals surface area contributed by atoms with Gasteiger partial charge in [0.25, 0.3) is 15.9 Å². The maximum absolute atomic E-state index is 12.4. The zero-order chi connectivity index (χ0) is 17.7. The maximum atomic E-state index is 12.4. The maximum Gasteiger partial charge on any atom is 0.263 e. The highest BCUT2D eigenvalue weighted by molar-refractivity contribution is 7.92. The molecule has 1 heterocycles. The minimum Gasteiger partial charge on any atom is -0.347 e. The van der Waals surface area contributed by atoms with Crippen molar-refractivity contribution in [3.8, 4) is 0 Å². The summed E-state index contributed by atoms with van der Waals surface area (Å²) >= 11 is 1.19. The zero-order valence-electron chi connectivity index (χ0n) is 13.2. The number of rotatable bonds is 6. The fourth-order valence-electron chi connectivity index (χ4n) is 2.23. The summed E-state index contributed by atoms with van der Waals surface area (Å²) in [6.45, 7) is 0.377. The van der Waals surface area contributed by atoms with Crippen LogP contribution in [0.25, 0.3) is 0 Å². The highest BCUT2D eigenvalue weighted by Gasteiger charge is 2.19. The first-order valence-corrected chi connectivity index (χ1v) is 9.90. The third kappa shape index (κ3) is 4.26. The van der Waals surface area contributed by atoms with Crippen LogP contribution in [-0.4, -0.2) is 14.3 Å². The molecule has 7 heteroatoms. The van der Waals surface area contributed by atoms with Crippen molar-refractivity contribution in [1.29, 1.82) is 0 Å². The van der Waals surface area contributed by atoms with Crippen LogP contribution in [0.4, 0.5) is 5.69 Å². The van der Waals surface area contributed by atoms with Crippen LogP contribution in [0.5, 0.6) is 0 Å². The summed E-state index contributed by atoms with van der Waals surface area (Å²) in [5.74, 6) is -0.315. The molecule has 0 radical (unpaired) electrons. The van der Waals surface area contributed by atoms with Crippen molar-refractivity contribution in [2.45, 2.75) is 11.4 Å². The number of carbonyl (C=O) groups is 1. The molecule has 25 heavy (non-hydrogen) atoms. The second kappa shape index (κ2) is 7.50. The van der Waals surface area contributed by atoms with E-state index in [9.17, 15) is 13.2 Å². The van der Waals surface area contributed by atoms with Crippen LogP contribution in [0.15, 0.2) is 77.0 Å². The van der Waals surface area contributed by atoms with Crippen LogP contribution < -0.4 is 10.0 Å². The van der Waals surface area contributed by atoms with Crippen molar-refractivity contribution in [3.05, 3.63) is 82.6 Å². The van der Waals surface area contributed by atoms with Crippen LogP contribution in [0.3, 0.4) is 0 Å². The predicted octanol–water partition coefficient (Wildman–Crippen LogP) is 3.48. The second-order valence-corrected chi connectivity index (χ2v) is 7.85. The average molecular weight is 372 g/mol. The van der Waals surface area contributed by atoms with E-state index in [1.165, 1.54) is 23.5 Å². The quantitative estimate of drug-likeness (QED) is 0.696. The van der Waals surface area contributed by atoms with Crippen LogP contribution in [0.2, 0.25) is 0 Å². The van der Waals surface area contributed by atoms with E-state index in [-0.39, 0.29) is 16.5 Å². The number of hydrogen-bond donors (Lipinski definition) is 2. The number of carbonyl (C=O) groups excluding carboxylic acids is 1. The van der Waals surface area contributed by atoms with Gasteiger partial charge in [0.05, 0.1) is 10.6 Å². The Morgan fingerprint density at radius 3 is 2.24 bits per heavy atom. The van der Waals surface area contributed by atoms with Crippen molar-refractivity contribution in [1.82, 2.24) is 5.32 Å². The molecule has 3 aromatic rings. The molecule has 0 fully saturated rings. The Bertz CT molecular complexity index is 952. The highest BCUT2D eigenvalue weighted by Crippen LogP contribution is 2.25. The topological polar surface area (TPSA) is 75.3 Å². The Kier molecular flexibility index (Phi) is 5.16. The summed E-state index contributed by atoms with van der Waals surface area (Å²) in [5.41, 5.74) is 1.25. The van der Waals surface area contributed by atoms with Gasteiger partial charge in [0, 0.05) is 6.54 Å². The third-order valence-corrected chi connectivity index (χ3v) is 5.76. The number of benzene rings is 2. The molecule has 0 saturated carbocycles. The van der Waals surface area contributed by atoms with Gasteiger partial charge >= 0.3 is 0 Å². The number of sulfonamides is 1. The van der Waals surface area contributed by atoms with Crippen molar-refractivity contribution < 1.29 is 13.2 Å². The molecule has 2 aromatic carbocycles. The standard InChI is InChI=1S/C18H16N2O3S2/c21-18(19-13-14-7-3-1-4-8-14)17-16(11-12-24-17)20-25(22,23)15-9-5-2-6-10-15/h1-12,20H,13H2,(H,19,21). The van der Waals surface area contributed by atoms with E-state index in [0.717, 1.165) is 5.56 Å². The van der Waals surface area contributed by atoms with Gasteiger partial charge in [-0.1, -0.05) is 48.5 Å². The van der Waals surface area contributed by atoms with Gasteiger partial charge in [0.2, 0.25) is 0 Å². The number of amides is 1.